The maximum Gasteiger partial charge on any atom is 0.374 e. The van der Waals surface area contributed by atoms with Crippen LogP contribution in [0.15, 0.2) is 29.0 Å². The van der Waals surface area contributed by atoms with Gasteiger partial charge in [-0.2, -0.15) is 4.98 Å². The molecular formula is C11H10BrN5O4. The first-order valence-corrected chi connectivity index (χ1v) is 6.33. The highest BCUT2D eigenvalue weighted by atomic mass is 79.9. The second-order valence-corrected chi connectivity index (χ2v) is 4.53. The highest BCUT2D eigenvalue weighted by Gasteiger charge is 2.25. The van der Waals surface area contributed by atoms with E-state index in [1.165, 1.54) is 7.11 Å². The van der Waals surface area contributed by atoms with Crippen molar-refractivity contribution in [2.45, 2.75) is 0 Å². The topological polar surface area (TPSA) is 125 Å². The molecule has 1 heterocycles. The number of anilines is 1. The Morgan fingerprint density at radius 2 is 2.19 bits per heavy atom. The van der Waals surface area contributed by atoms with Gasteiger partial charge >= 0.3 is 11.6 Å². The second-order valence-electron chi connectivity index (χ2n) is 3.68. The fraction of sp³-hybridized carbons (Fsp3) is 0.0909. The second kappa shape index (κ2) is 6.33. The molecule has 110 valence electrons. The van der Waals surface area contributed by atoms with Gasteiger partial charge in [-0.1, -0.05) is 0 Å². The highest BCUT2D eigenvalue weighted by Crippen LogP contribution is 2.37. The molecule has 0 saturated carbocycles. The van der Waals surface area contributed by atoms with Crippen molar-refractivity contribution in [1.82, 2.24) is 9.97 Å². The van der Waals surface area contributed by atoms with Crippen molar-refractivity contribution in [3.05, 3.63) is 39.1 Å². The van der Waals surface area contributed by atoms with Crippen molar-refractivity contribution in [3.8, 4) is 17.4 Å². The number of nitro groups is 1. The highest BCUT2D eigenvalue weighted by molar-refractivity contribution is 9.10. The first kappa shape index (κ1) is 14.9. The van der Waals surface area contributed by atoms with Crippen LogP contribution in [-0.4, -0.2) is 22.0 Å². The van der Waals surface area contributed by atoms with Gasteiger partial charge in [0.1, 0.15) is 17.8 Å². The molecule has 0 atom stereocenters. The molecule has 0 bridgehead atoms. The first-order valence-electron chi connectivity index (χ1n) is 5.54. The van der Waals surface area contributed by atoms with Gasteiger partial charge in [0.05, 0.1) is 16.5 Å². The lowest BCUT2D eigenvalue weighted by Gasteiger charge is -2.09. The number of ether oxygens (including phenoxy) is 2. The Bertz CT molecular complexity index is 682. The Balaban J connectivity index is 2.42. The molecule has 0 amide bonds. The standard InChI is InChI=1S/C11H10BrN5O4/c1-20-6-2-3-8(7(12)4-6)21-11-9(17(18)19)10(16-13)14-5-15-11/h2-5H,13H2,1H3,(H,14,15,16). The van der Waals surface area contributed by atoms with Gasteiger partial charge in [-0.05, 0) is 34.1 Å². The van der Waals surface area contributed by atoms with Crippen LogP contribution in [0.1, 0.15) is 0 Å². The smallest absolute Gasteiger partial charge is 0.374 e. The quantitative estimate of drug-likeness (QED) is 0.475. The number of benzene rings is 1. The molecule has 1 aromatic heterocycles. The molecule has 0 aliphatic rings. The van der Waals surface area contributed by atoms with Crippen molar-refractivity contribution in [2.24, 2.45) is 5.84 Å². The van der Waals surface area contributed by atoms with Crippen LogP contribution in [0.25, 0.3) is 0 Å². The molecule has 3 N–H and O–H groups in total. The van der Waals surface area contributed by atoms with Crippen LogP contribution in [0.5, 0.6) is 17.4 Å². The van der Waals surface area contributed by atoms with E-state index in [0.717, 1.165) is 6.33 Å². The summed E-state index contributed by atoms with van der Waals surface area (Å²) in [5.41, 5.74) is 1.68. The summed E-state index contributed by atoms with van der Waals surface area (Å²) in [5.74, 6) is 5.76. The predicted octanol–water partition coefficient (Wildman–Crippen LogP) is 2.23. The van der Waals surface area contributed by atoms with Crippen LogP contribution in [0, 0.1) is 10.1 Å². The van der Waals surface area contributed by atoms with Gasteiger partial charge in [-0.15, -0.1) is 0 Å². The number of nitrogens with two attached hydrogens (primary N) is 1. The molecule has 0 aliphatic heterocycles. The molecule has 2 rings (SSSR count). The molecule has 0 fully saturated rings. The summed E-state index contributed by atoms with van der Waals surface area (Å²) in [6.07, 6.45) is 1.11. The maximum atomic E-state index is 11.1. The zero-order valence-corrected chi connectivity index (χ0v) is 12.3. The lowest BCUT2D eigenvalue weighted by Crippen LogP contribution is -2.12. The van der Waals surface area contributed by atoms with Crippen molar-refractivity contribution >= 4 is 27.4 Å². The normalized spacial score (nSPS) is 10.0. The molecule has 2 aromatic rings. The van der Waals surface area contributed by atoms with E-state index in [1.54, 1.807) is 18.2 Å². The van der Waals surface area contributed by atoms with Crippen molar-refractivity contribution in [2.75, 3.05) is 12.5 Å². The lowest BCUT2D eigenvalue weighted by atomic mass is 10.3. The predicted molar refractivity (Wildman–Crippen MR) is 77.3 cm³/mol. The zero-order valence-electron chi connectivity index (χ0n) is 10.7. The molecule has 1 aromatic carbocycles. The van der Waals surface area contributed by atoms with Crippen LogP contribution in [0.4, 0.5) is 11.5 Å². The third-order valence-electron chi connectivity index (χ3n) is 2.45. The van der Waals surface area contributed by atoms with Crippen LogP contribution >= 0.6 is 15.9 Å². The summed E-state index contributed by atoms with van der Waals surface area (Å²) >= 11 is 3.28. The van der Waals surface area contributed by atoms with Gasteiger partial charge in [-0.25, -0.2) is 10.8 Å². The monoisotopic (exact) mass is 355 g/mol. The van der Waals surface area contributed by atoms with E-state index in [9.17, 15) is 10.1 Å². The largest absolute Gasteiger partial charge is 0.497 e. The Morgan fingerprint density at radius 3 is 2.76 bits per heavy atom. The molecule has 0 spiro atoms. The number of nitrogen functional groups attached to an aromatic ring is 1. The third-order valence-corrected chi connectivity index (χ3v) is 3.07. The molecular weight excluding hydrogens is 346 g/mol. The van der Waals surface area contributed by atoms with Crippen LogP contribution in [0.3, 0.4) is 0 Å². The number of hydrogen-bond donors (Lipinski definition) is 2. The average molecular weight is 356 g/mol. The van der Waals surface area contributed by atoms with Gasteiger partial charge in [0, 0.05) is 0 Å². The minimum atomic E-state index is -0.679. The number of aromatic nitrogens is 2. The molecule has 0 aliphatic carbocycles. The summed E-state index contributed by atoms with van der Waals surface area (Å²) in [4.78, 5) is 17.9. The Morgan fingerprint density at radius 1 is 1.43 bits per heavy atom. The number of methoxy groups -OCH3 is 1. The lowest BCUT2D eigenvalue weighted by molar-refractivity contribution is -0.385. The first-order chi connectivity index (χ1) is 10.1. The van der Waals surface area contributed by atoms with Gasteiger partial charge in [0.2, 0.25) is 5.82 Å². The Kier molecular flexibility index (Phi) is 4.50. The van der Waals surface area contributed by atoms with E-state index in [-0.39, 0.29) is 11.7 Å². The van der Waals surface area contributed by atoms with Gasteiger partial charge < -0.3 is 14.9 Å². The van der Waals surface area contributed by atoms with Crippen LogP contribution in [-0.2, 0) is 0 Å². The van der Waals surface area contributed by atoms with E-state index in [4.69, 9.17) is 15.3 Å². The number of hydrogen-bond acceptors (Lipinski definition) is 8. The zero-order chi connectivity index (χ0) is 15.4. The van der Waals surface area contributed by atoms with E-state index in [2.05, 4.69) is 31.3 Å². The van der Waals surface area contributed by atoms with Gasteiger partial charge in [-0.3, -0.25) is 10.1 Å². The summed E-state index contributed by atoms with van der Waals surface area (Å²) < 4.78 is 11.1. The van der Waals surface area contributed by atoms with E-state index in [0.29, 0.717) is 16.0 Å². The fourth-order valence-corrected chi connectivity index (χ4v) is 1.94. The summed E-state index contributed by atoms with van der Waals surface area (Å²) in [5, 5.41) is 11.1. The number of halogens is 1. The number of rotatable bonds is 5. The maximum absolute atomic E-state index is 11.1. The summed E-state index contributed by atoms with van der Waals surface area (Å²) in [6, 6.07) is 4.89. The third kappa shape index (κ3) is 3.17. The fourth-order valence-electron chi connectivity index (χ4n) is 1.50. The molecule has 9 nitrogen and oxygen atoms in total. The molecule has 0 unspecified atom stereocenters. The number of nitrogens with one attached hydrogen (secondary N) is 1. The minimum absolute atomic E-state index is 0.144. The van der Waals surface area contributed by atoms with Crippen LogP contribution < -0.4 is 20.7 Å². The van der Waals surface area contributed by atoms with Crippen molar-refractivity contribution in [3.63, 3.8) is 0 Å². The molecule has 0 radical (unpaired) electrons. The van der Waals surface area contributed by atoms with E-state index < -0.39 is 10.6 Å². The van der Waals surface area contributed by atoms with Crippen LogP contribution in [0.2, 0.25) is 0 Å². The van der Waals surface area contributed by atoms with E-state index >= 15 is 0 Å². The Hall–Kier alpha value is -2.46. The summed E-state index contributed by atoms with van der Waals surface area (Å²) in [6.45, 7) is 0. The van der Waals surface area contributed by atoms with Crippen molar-refractivity contribution in [1.29, 1.82) is 0 Å². The molecule has 10 heteroatoms. The van der Waals surface area contributed by atoms with Crippen molar-refractivity contribution < 1.29 is 14.4 Å². The van der Waals surface area contributed by atoms with E-state index in [1.807, 2.05) is 0 Å². The minimum Gasteiger partial charge on any atom is -0.497 e. The Labute approximate surface area is 127 Å². The number of nitrogens with zero attached hydrogens (tertiary/aromatic N) is 3. The SMILES string of the molecule is COc1ccc(Oc2ncnc(NN)c2[N+](=O)[O-])c(Br)c1. The molecule has 0 saturated heterocycles. The molecule has 21 heavy (non-hydrogen) atoms. The van der Waals surface area contributed by atoms with Gasteiger partial charge in [0.25, 0.3) is 0 Å². The average Bonchev–Trinajstić information content (AvgIpc) is 2.48. The summed E-state index contributed by atoms with van der Waals surface area (Å²) in [7, 11) is 1.52. The van der Waals surface area contributed by atoms with Gasteiger partial charge in [0.15, 0.2) is 0 Å². The number of hydrazine groups is 1.